The Morgan fingerprint density at radius 2 is 2.18 bits per heavy atom. The molecule has 17 heavy (non-hydrogen) atoms. The number of piperidine rings is 1. The van der Waals surface area contributed by atoms with Crippen LogP contribution in [0.2, 0.25) is 0 Å². The van der Waals surface area contributed by atoms with E-state index in [4.69, 9.17) is 0 Å². The summed E-state index contributed by atoms with van der Waals surface area (Å²) in [6.45, 7) is 2.43. The van der Waals surface area contributed by atoms with E-state index in [1.807, 2.05) is 12.4 Å². The van der Waals surface area contributed by atoms with Gasteiger partial charge in [-0.25, -0.2) is 0 Å². The average molecular weight is 225 g/mol. The van der Waals surface area contributed by atoms with Crippen LogP contribution in [0, 0.1) is 16.7 Å². The van der Waals surface area contributed by atoms with Crippen molar-refractivity contribution >= 4 is 6.08 Å². The quantitative estimate of drug-likeness (QED) is 0.725. The van der Waals surface area contributed by atoms with Gasteiger partial charge in [0.2, 0.25) is 0 Å². The number of hydrogen-bond donors (Lipinski definition) is 1. The van der Waals surface area contributed by atoms with Gasteiger partial charge in [-0.05, 0) is 36.7 Å². The van der Waals surface area contributed by atoms with Crippen molar-refractivity contribution in [1.29, 1.82) is 0 Å². The van der Waals surface area contributed by atoms with Crippen molar-refractivity contribution in [2.24, 2.45) is 16.7 Å². The second-order valence-electron chi connectivity index (χ2n) is 6.24. The molecule has 0 aromatic carbocycles. The predicted molar refractivity (Wildman–Crippen MR) is 64.2 cm³/mol. The fourth-order valence-corrected chi connectivity index (χ4v) is 4.83. The Balaban J connectivity index is 1.70. The van der Waals surface area contributed by atoms with Gasteiger partial charge in [0, 0.05) is 30.9 Å². The Kier molecular flexibility index (Phi) is 1.27. The number of fused-ring (bicyclic) bond motifs is 2. The van der Waals surface area contributed by atoms with E-state index in [2.05, 4.69) is 21.4 Å². The van der Waals surface area contributed by atoms with E-state index in [1.54, 1.807) is 5.57 Å². The molecule has 4 aliphatic rings. The maximum atomic E-state index is 4.49. The fraction of sp³-hybridized carbons (Fsp3) is 0.571. The van der Waals surface area contributed by atoms with Crippen molar-refractivity contribution in [3.8, 4) is 0 Å². The second-order valence-corrected chi connectivity index (χ2v) is 6.24. The zero-order valence-electron chi connectivity index (χ0n) is 9.74. The molecule has 3 aliphatic carbocycles. The van der Waals surface area contributed by atoms with Gasteiger partial charge in [-0.1, -0.05) is 5.57 Å². The lowest BCUT2D eigenvalue weighted by atomic mass is 9.82. The van der Waals surface area contributed by atoms with Crippen LogP contribution in [0.4, 0.5) is 0 Å². The Morgan fingerprint density at radius 3 is 3.18 bits per heavy atom. The molecule has 2 saturated carbocycles. The molecule has 86 valence electrons. The molecule has 3 nitrogen and oxygen atoms in total. The molecule has 1 aromatic heterocycles. The molecule has 0 bridgehead atoms. The summed E-state index contributed by atoms with van der Waals surface area (Å²) in [5.74, 6) is 0.759. The van der Waals surface area contributed by atoms with Crippen LogP contribution < -0.4 is 5.32 Å². The van der Waals surface area contributed by atoms with Crippen LogP contribution in [0.1, 0.15) is 24.2 Å². The summed E-state index contributed by atoms with van der Waals surface area (Å²) in [6, 6.07) is 0. The smallest absolute Gasteiger partial charge is 0.0845 e. The number of rotatable bonds is 0. The SMILES string of the molecule is C1=C2C(Cc3nccnc31)CC13CNCC21C3. The molecule has 1 N–H and O–H groups in total. The van der Waals surface area contributed by atoms with E-state index >= 15 is 0 Å². The van der Waals surface area contributed by atoms with Crippen LogP contribution in [-0.4, -0.2) is 23.1 Å². The summed E-state index contributed by atoms with van der Waals surface area (Å²) in [6.07, 6.45) is 9.92. The van der Waals surface area contributed by atoms with Gasteiger partial charge in [-0.15, -0.1) is 0 Å². The molecule has 0 amide bonds. The van der Waals surface area contributed by atoms with Crippen LogP contribution in [-0.2, 0) is 6.42 Å². The predicted octanol–water partition coefficient (Wildman–Crippen LogP) is 1.42. The van der Waals surface area contributed by atoms with Gasteiger partial charge in [0.15, 0.2) is 0 Å². The molecule has 3 heteroatoms. The number of nitrogens with one attached hydrogen (secondary N) is 1. The summed E-state index contributed by atoms with van der Waals surface area (Å²) >= 11 is 0. The first-order valence-electron chi connectivity index (χ1n) is 6.56. The summed E-state index contributed by atoms with van der Waals surface area (Å²) in [5.41, 5.74) is 5.16. The highest BCUT2D eigenvalue weighted by molar-refractivity contribution is 5.62. The van der Waals surface area contributed by atoms with Gasteiger partial charge in [0.25, 0.3) is 0 Å². The Labute approximate surface area is 100 Å². The number of nitrogens with zero attached hydrogens (tertiary/aromatic N) is 2. The third-order valence-corrected chi connectivity index (χ3v) is 5.59. The zero-order valence-corrected chi connectivity index (χ0v) is 9.74. The summed E-state index contributed by atoms with van der Waals surface area (Å²) in [5, 5.41) is 3.59. The molecule has 5 rings (SSSR count). The highest BCUT2D eigenvalue weighted by Gasteiger charge is 2.76. The first kappa shape index (κ1) is 8.81. The van der Waals surface area contributed by atoms with Crippen LogP contribution in [0.15, 0.2) is 18.0 Å². The highest BCUT2D eigenvalue weighted by Crippen LogP contribution is 2.79. The van der Waals surface area contributed by atoms with Crippen molar-refractivity contribution in [3.63, 3.8) is 0 Å². The normalized spacial score (nSPS) is 44.5. The molecule has 0 radical (unpaired) electrons. The lowest BCUT2D eigenvalue weighted by Gasteiger charge is -2.26. The van der Waals surface area contributed by atoms with Gasteiger partial charge in [-0.2, -0.15) is 0 Å². The average Bonchev–Trinajstić information content (AvgIpc) is 2.74. The summed E-state index contributed by atoms with van der Waals surface area (Å²) in [7, 11) is 0. The van der Waals surface area contributed by atoms with Gasteiger partial charge in [0.1, 0.15) is 0 Å². The second kappa shape index (κ2) is 2.46. The number of hydrogen-bond acceptors (Lipinski definition) is 3. The molecule has 1 aliphatic heterocycles. The molecule has 0 spiro atoms. The van der Waals surface area contributed by atoms with E-state index in [0.29, 0.717) is 10.8 Å². The molecular weight excluding hydrogens is 210 g/mol. The van der Waals surface area contributed by atoms with E-state index in [9.17, 15) is 0 Å². The fourth-order valence-electron chi connectivity index (χ4n) is 4.83. The summed E-state index contributed by atoms with van der Waals surface area (Å²) < 4.78 is 0. The Hall–Kier alpha value is -1.22. The van der Waals surface area contributed by atoms with E-state index in [0.717, 1.165) is 18.0 Å². The van der Waals surface area contributed by atoms with E-state index in [-0.39, 0.29) is 0 Å². The van der Waals surface area contributed by atoms with Crippen molar-refractivity contribution in [3.05, 3.63) is 29.4 Å². The van der Waals surface area contributed by atoms with Crippen LogP contribution in [0.3, 0.4) is 0 Å². The molecule has 3 atom stereocenters. The third-order valence-electron chi connectivity index (χ3n) is 5.59. The number of aromatic nitrogens is 2. The van der Waals surface area contributed by atoms with E-state index in [1.165, 1.54) is 31.6 Å². The Morgan fingerprint density at radius 1 is 1.24 bits per heavy atom. The lowest BCUT2D eigenvalue weighted by molar-refractivity contribution is 0.426. The standard InChI is InChI=1S/C14H15N3/c1-2-17-12-4-10-9(3-11(12)16-1)5-13-6-14(10,13)8-15-7-13/h1-2,4,9,15H,3,5-8H2. The zero-order chi connectivity index (χ0) is 11.1. The van der Waals surface area contributed by atoms with Gasteiger partial charge >= 0.3 is 0 Å². The molecule has 2 heterocycles. The first-order chi connectivity index (χ1) is 8.33. The largest absolute Gasteiger partial charge is 0.315 e. The first-order valence-corrected chi connectivity index (χ1v) is 6.56. The van der Waals surface area contributed by atoms with Gasteiger partial charge < -0.3 is 5.32 Å². The minimum absolute atomic E-state index is 0.521. The lowest BCUT2D eigenvalue weighted by Crippen LogP contribution is -2.25. The molecule has 3 fully saturated rings. The van der Waals surface area contributed by atoms with Crippen molar-refractivity contribution in [2.45, 2.75) is 19.3 Å². The van der Waals surface area contributed by atoms with Crippen LogP contribution in [0.5, 0.6) is 0 Å². The minimum Gasteiger partial charge on any atom is -0.315 e. The van der Waals surface area contributed by atoms with Crippen molar-refractivity contribution in [1.82, 2.24) is 15.3 Å². The van der Waals surface area contributed by atoms with E-state index < -0.39 is 0 Å². The molecule has 3 unspecified atom stereocenters. The van der Waals surface area contributed by atoms with Gasteiger partial charge in [0.05, 0.1) is 11.4 Å². The van der Waals surface area contributed by atoms with Crippen molar-refractivity contribution < 1.29 is 0 Å². The third kappa shape index (κ3) is 0.835. The highest BCUT2D eigenvalue weighted by atomic mass is 15.0. The monoisotopic (exact) mass is 225 g/mol. The Bertz CT molecular complexity index is 560. The van der Waals surface area contributed by atoms with Crippen LogP contribution in [0.25, 0.3) is 6.08 Å². The topological polar surface area (TPSA) is 37.8 Å². The summed E-state index contributed by atoms with van der Waals surface area (Å²) in [4.78, 5) is 8.97. The van der Waals surface area contributed by atoms with Crippen molar-refractivity contribution in [2.75, 3.05) is 13.1 Å². The molecular formula is C14H15N3. The molecule has 1 aromatic rings. The van der Waals surface area contributed by atoms with Gasteiger partial charge in [-0.3, -0.25) is 9.97 Å². The maximum Gasteiger partial charge on any atom is 0.0845 e. The maximum absolute atomic E-state index is 4.49. The minimum atomic E-state index is 0.521. The molecule has 1 saturated heterocycles. The van der Waals surface area contributed by atoms with Crippen LogP contribution >= 0.6 is 0 Å².